The monoisotopic (exact) mass is 236 g/mol. The quantitative estimate of drug-likeness (QED) is 0.606. The summed E-state index contributed by atoms with van der Waals surface area (Å²) >= 11 is 1.74. The van der Waals surface area contributed by atoms with E-state index in [0.29, 0.717) is 0 Å². The van der Waals surface area contributed by atoms with Crippen molar-refractivity contribution in [3.05, 3.63) is 18.0 Å². The SMILES string of the molecule is C#CCSCCNc1cc(C)ncc1OC. The third-order valence-electron chi connectivity index (χ3n) is 1.97. The highest BCUT2D eigenvalue weighted by atomic mass is 32.2. The zero-order chi connectivity index (χ0) is 11.8. The van der Waals surface area contributed by atoms with Crippen molar-refractivity contribution in [1.29, 1.82) is 0 Å². The van der Waals surface area contributed by atoms with Crippen LogP contribution in [0.1, 0.15) is 5.69 Å². The van der Waals surface area contributed by atoms with Gasteiger partial charge in [-0.25, -0.2) is 0 Å². The number of methoxy groups -OCH3 is 1. The molecule has 1 N–H and O–H groups in total. The number of anilines is 1. The third kappa shape index (κ3) is 4.03. The van der Waals surface area contributed by atoms with E-state index in [1.165, 1.54) is 0 Å². The summed E-state index contributed by atoms with van der Waals surface area (Å²) in [6.45, 7) is 2.82. The molecular weight excluding hydrogens is 220 g/mol. The minimum absolute atomic E-state index is 0.758. The number of rotatable bonds is 6. The fourth-order valence-electron chi connectivity index (χ4n) is 1.24. The molecular formula is C12H16N2OS. The van der Waals surface area contributed by atoms with Crippen LogP contribution in [0.2, 0.25) is 0 Å². The molecule has 0 fully saturated rings. The van der Waals surface area contributed by atoms with Gasteiger partial charge in [-0.2, -0.15) is 0 Å². The van der Waals surface area contributed by atoms with Crippen LogP contribution in [0.5, 0.6) is 5.75 Å². The van der Waals surface area contributed by atoms with Gasteiger partial charge in [-0.05, 0) is 13.0 Å². The summed E-state index contributed by atoms with van der Waals surface area (Å²) in [6, 6.07) is 1.98. The van der Waals surface area contributed by atoms with Crippen LogP contribution in [-0.2, 0) is 0 Å². The van der Waals surface area contributed by atoms with Gasteiger partial charge in [0.1, 0.15) is 0 Å². The highest BCUT2D eigenvalue weighted by Gasteiger charge is 2.02. The zero-order valence-electron chi connectivity index (χ0n) is 9.62. The zero-order valence-corrected chi connectivity index (χ0v) is 10.4. The maximum atomic E-state index is 5.21. The number of nitrogens with one attached hydrogen (secondary N) is 1. The molecule has 4 heteroatoms. The summed E-state index contributed by atoms with van der Waals surface area (Å²) in [6.07, 6.45) is 6.90. The number of pyridine rings is 1. The Bertz CT molecular complexity index is 374. The molecule has 0 radical (unpaired) electrons. The molecule has 0 amide bonds. The van der Waals surface area contributed by atoms with Crippen LogP contribution in [0.15, 0.2) is 12.3 Å². The molecule has 0 saturated carbocycles. The van der Waals surface area contributed by atoms with Crippen molar-refractivity contribution >= 4 is 17.4 Å². The van der Waals surface area contributed by atoms with Crippen LogP contribution < -0.4 is 10.1 Å². The van der Waals surface area contributed by atoms with Gasteiger partial charge in [0.15, 0.2) is 5.75 Å². The molecule has 1 heterocycles. The lowest BCUT2D eigenvalue weighted by atomic mass is 10.3. The van der Waals surface area contributed by atoms with Gasteiger partial charge in [-0.15, -0.1) is 18.2 Å². The summed E-state index contributed by atoms with van der Waals surface area (Å²) < 4.78 is 5.21. The van der Waals surface area contributed by atoms with Gasteiger partial charge in [0.2, 0.25) is 0 Å². The molecule has 0 atom stereocenters. The van der Waals surface area contributed by atoms with Crippen molar-refractivity contribution in [2.45, 2.75) is 6.92 Å². The van der Waals surface area contributed by atoms with E-state index in [-0.39, 0.29) is 0 Å². The lowest BCUT2D eigenvalue weighted by molar-refractivity contribution is 0.414. The van der Waals surface area contributed by atoms with Crippen LogP contribution in [0.3, 0.4) is 0 Å². The first-order valence-corrected chi connectivity index (χ1v) is 6.19. The number of ether oxygens (including phenoxy) is 1. The summed E-state index contributed by atoms with van der Waals surface area (Å²) in [5.74, 6) is 5.11. The standard InChI is InChI=1S/C12H16N2OS/c1-4-6-16-7-5-13-11-8-10(2)14-9-12(11)15-3/h1,8-9H,5-7H2,2-3H3,(H,13,14). The van der Waals surface area contributed by atoms with Gasteiger partial charge in [-0.3, -0.25) is 4.98 Å². The summed E-state index contributed by atoms with van der Waals surface area (Å²) in [7, 11) is 1.64. The highest BCUT2D eigenvalue weighted by molar-refractivity contribution is 7.99. The third-order valence-corrected chi connectivity index (χ3v) is 2.83. The molecule has 3 nitrogen and oxygen atoms in total. The molecule has 0 aliphatic heterocycles. The molecule has 16 heavy (non-hydrogen) atoms. The lowest BCUT2D eigenvalue weighted by Gasteiger charge is -2.10. The minimum Gasteiger partial charge on any atom is -0.493 e. The Labute approximate surface area is 101 Å². The summed E-state index contributed by atoms with van der Waals surface area (Å²) in [4.78, 5) is 4.17. The Morgan fingerprint density at radius 2 is 2.44 bits per heavy atom. The van der Waals surface area contributed by atoms with Crippen molar-refractivity contribution in [2.24, 2.45) is 0 Å². The number of terminal acetylenes is 1. The van der Waals surface area contributed by atoms with Gasteiger partial charge in [-0.1, -0.05) is 5.92 Å². The Morgan fingerprint density at radius 1 is 1.62 bits per heavy atom. The minimum atomic E-state index is 0.758. The number of aryl methyl sites for hydroxylation is 1. The number of nitrogens with zero attached hydrogens (tertiary/aromatic N) is 1. The second-order valence-corrected chi connectivity index (χ2v) is 4.31. The maximum absolute atomic E-state index is 5.21. The van der Waals surface area contributed by atoms with Crippen LogP contribution >= 0.6 is 11.8 Å². The highest BCUT2D eigenvalue weighted by Crippen LogP contribution is 2.23. The Kier molecular flexibility index (Phi) is 5.58. The van der Waals surface area contributed by atoms with E-state index in [1.54, 1.807) is 25.1 Å². The Hall–Kier alpha value is -1.34. The van der Waals surface area contributed by atoms with Crippen LogP contribution in [-0.4, -0.2) is 30.1 Å². The fraction of sp³-hybridized carbons (Fsp3) is 0.417. The number of hydrogen-bond donors (Lipinski definition) is 1. The van der Waals surface area contributed by atoms with Crippen LogP contribution in [0.4, 0.5) is 5.69 Å². The second-order valence-electron chi connectivity index (χ2n) is 3.21. The lowest BCUT2D eigenvalue weighted by Crippen LogP contribution is -2.06. The molecule has 0 saturated heterocycles. The predicted octanol–water partition coefficient (Wildman–Crippen LogP) is 2.18. The smallest absolute Gasteiger partial charge is 0.160 e. The maximum Gasteiger partial charge on any atom is 0.160 e. The molecule has 0 bridgehead atoms. The Morgan fingerprint density at radius 3 is 3.12 bits per heavy atom. The van der Waals surface area contributed by atoms with Gasteiger partial charge >= 0.3 is 0 Å². The topological polar surface area (TPSA) is 34.2 Å². The molecule has 0 unspecified atom stereocenters. The molecule has 0 spiro atoms. The molecule has 0 aliphatic carbocycles. The summed E-state index contributed by atoms with van der Waals surface area (Å²) in [5.41, 5.74) is 1.95. The van der Waals surface area contributed by atoms with E-state index < -0.39 is 0 Å². The second kappa shape index (κ2) is 7.02. The van der Waals surface area contributed by atoms with E-state index in [4.69, 9.17) is 11.2 Å². The van der Waals surface area contributed by atoms with Crippen molar-refractivity contribution in [2.75, 3.05) is 30.5 Å². The number of aromatic nitrogens is 1. The first-order valence-electron chi connectivity index (χ1n) is 5.03. The van der Waals surface area contributed by atoms with E-state index in [9.17, 15) is 0 Å². The average Bonchev–Trinajstić information content (AvgIpc) is 2.29. The van der Waals surface area contributed by atoms with Crippen molar-refractivity contribution in [1.82, 2.24) is 4.98 Å². The average molecular weight is 236 g/mol. The van der Waals surface area contributed by atoms with E-state index in [0.717, 1.165) is 35.2 Å². The molecule has 1 aromatic heterocycles. The number of hydrogen-bond acceptors (Lipinski definition) is 4. The van der Waals surface area contributed by atoms with Crippen molar-refractivity contribution < 1.29 is 4.74 Å². The first-order chi connectivity index (χ1) is 7.77. The van der Waals surface area contributed by atoms with Crippen LogP contribution in [0.25, 0.3) is 0 Å². The molecule has 1 aromatic rings. The van der Waals surface area contributed by atoms with Crippen molar-refractivity contribution in [3.63, 3.8) is 0 Å². The molecule has 86 valence electrons. The Balaban J connectivity index is 2.46. The first kappa shape index (κ1) is 12.7. The largest absolute Gasteiger partial charge is 0.493 e. The van der Waals surface area contributed by atoms with Gasteiger partial charge < -0.3 is 10.1 Å². The van der Waals surface area contributed by atoms with Gasteiger partial charge in [0, 0.05) is 18.0 Å². The normalized spacial score (nSPS) is 9.56. The van der Waals surface area contributed by atoms with Crippen molar-refractivity contribution in [3.8, 4) is 18.1 Å². The van der Waals surface area contributed by atoms with E-state index in [2.05, 4.69) is 16.2 Å². The summed E-state index contributed by atoms with van der Waals surface area (Å²) in [5, 5.41) is 3.31. The number of thioether (sulfide) groups is 1. The molecule has 0 aromatic carbocycles. The molecule has 1 rings (SSSR count). The van der Waals surface area contributed by atoms with Crippen LogP contribution in [0, 0.1) is 19.3 Å². The fourth-order valence-corrected chi connectivity index (χ4v) is 1.75. The molecule has 0 aliphatic rings. The predicted molar refractivity (Wildman–Crippen MR) is 70.2 cm³/mol. The van der Waals surface area contributed by atoms with E-state index >= 15 is 0 Å². The van der Waals surface area contributed by atoms with E-state index in [1.807, 2.05) is 13.0 Å². The van der Waals surface area contributed by atoms with Gasteiger partial charge in [0.25, 0.3) is 0 Å². The van der Waals surface area contributed by atoms with Gasteiger partial charge in [0.05, 0.1) is 24.7 Å².